The molecule has 0 N–H and O–H groups in total. The molecule has 0 atom stereocenters. The molecule has 2 rings (SSSR count). The molecule has 1 aromatic carbocycles. The molecule has 8 heteroatoms. The number of nitro groups is 1. The van der Waals surface area contributed by atoms with Crippen LogP contribution in [0.4, 0.5) is 5.69 Å². The van der Waals surface area contributed by atoms with Gasteiger partial charge in [0.1, 0.15) is 5.56 Å². The van der Waals surface area contributed by atoms with Gasteiger partial charge in [0.2, 0.25) is 0 Å². The molecule has 0 radical (unpaired) electrons. The Kier molecular flexibility index (Phi) is 7.68. The van der Waals surface area contributed by atoms with Crippen LogP contribution in [0.15, 0.2) is 71.7 Å². The van der Waals surface area contributed by atoms with E-state index in [0.29, 0.717) is 12.1 Å². The Hall–Kier alpha value is -3.94. The summed E-state index contributed by atoms with van der Waals surface area (Å²) in [4.78, 5) is 37.9. The number of hydrogen-bond acceptors (Lipinski definition) is 6. The third kappa shape index (κ3) is 5.16. The Morgan fingerprint density at radius 1 is 1.23 bits per heavy atom. The van der Waals surface area contributed by atoms with Crippen LogP contribution in [0.25, 0.3) is 17.0 Å². The molecule has 1 aromatic heterocycles. The molecule has 2 aromatic rings. The molecule has 1 heterocycles. The number of carbonyl (C=O) groups is 1. The van der Waals surface area contributed by atoms with Crippen LogP contribution in [0.2, 0.25) is 0 Å². The maximum Gasteiger partial charge on any atom is 0.343 e. The fourth-order valence-corrected chi connectivity index (χ4v) is 3.05. The molecular formula is C23H25N3O5. The van der Waals surface area contributed by atoms with Crippen LogP contribution in [-0.4, -0.2) is 36.7 Å². The van der Waals surface area contributed by atoms with Crippen molar-refractivity contribution in [3.05, 3.63) is 92.9 Å². The second-order valence-electron chi connectivity index (χ2n) is 6.79. The smallest absolute Gasteiger partial charge is 0.343 e. The van der Waals surface area contributed by atoms with Gasteiger partial charge in [-0.05, 0) is 36.8 Å². The standard InChI is InChI=1S/C23H25N3O5/c1-6-9-17(26(29)30)13-12-16(2)25-21(15-14-19(22(25)27)23(28)31-5)18-10-7-8-11-20(18)24(3)4/h7-15H,2,6H2,1,3-5H3/b13-12-,17-9+. The van der Waals surface area contributed by atoms with Crippen molar-refractivity contribution in [3.63, 3.8) is 0 Å². The highest BCUT2D eigenvalue weighted by molar-refractivity contribution is 5.90. The summed E-state index contributed by atoms with van der Waals surface area (Å²) >= 11 is 0. The van der Waals surface area contributed by atoms with Gasteiger partial charge in [0.15, 0.2) is 0 Å². The number of aromatic nitrogens is 1. The molecule has 0 fully saturated rings. The van der Waals surface area contributed by atoms with Gasteiger partial charge < -0.3 is 9.64 Å². The topological polar surface area (TPSA) is 94.7 Å². The number of ether oxygens (including phenoxy) is 1. The molecule has 0 aliphatic rings. The first-order valence-corrected chi connectivity index (χ1v) is 9.55. The van der Waals surface area contributed by atoms with Crippen molar-refractivity contribution in [1.82, 2.24) is 4.57 Å². The Morgan fingerprint density at radius 2 is 1.90 bits per heavy atom. The zero-order valence-electron chi connectivity index (χ0n) is 18.0. The summed E-state index contributed by atoms with van der Waals surface area (Å²) in [6.07, 6.45) is 4.60. The summed E-state index contributed by atoms with van der Waals surface area (Å²) in [6, 6.07) is 10.5. The number of para-hydroxylation sites is 1. The van der Waals surface area contributed by atoms with Crippen LogP contribution in [0, 0.1) is 10.1 Å². The Labute approximate surface area is 180 Å². The highest BCUT2D eigenvalue weighted by atomic mass is 16.6. The molecule has 0 amide bonds. The number of anilines is 1. The molecule has 0 bridgehead atoms. The Balaban J connectivity index is 2.75. The Bertz CT molecular complexity index is 1130. The van der Waals surface area contributed by atoms with Crippen LogP contribution in [0.1, 0.15) is 23.7 Å². The van der Waals surface area contributed by atoms with Gasteiger partial charge in [0, 0.05) is 37.1 Å². The summed E-state index contributed by atoms with van der Waals surface area (Å²) in [6.45, 7) is 5.71. The zero-order valence-corrected chi connectivity index (χ0v) is 18.0. The minimum absolute atomic E-state index is 0.115. The van der Waals surface area contributed by atoms with E-state index in [1.807, 2.05) is 43.3 Å². The lowest BCUT2D eigenvalue weighted by molar-refractivity contribution is -0.419. The van der Waals surface area contributed by atoms with Gasteiger partial charge >= 0.3 is 5.97 Å². The van der Waals surface area contributed by atoms with Gasteiger partial charge in [-0.25, -0.2) is 4.79 Å². The summed E-state index contributed by atoms with van der Waals surface area (Å²) in [5, 5.41) is 11.2. The molecule has 31 heavy (non-hydrogen) atoms. The highest BCUT2D eigenvalue weighted by Gasteiger charge is 2.19. The van der Waals surface area contributed by atoms with Crippen molar-refractivity contribution in [2.45, 2.75) is 13.3 Å². The van der Waals surface area contributed by atoms with E-state index in [4.69, 9.17) is 4.74 Å². The van der Waals surface area contributed by atoms with Crippen LogP contribution in [0.5, 0.6) is 0 Å². The number of carbonyl (C=O) groups excluding carboxylic acids is 1. The highest BCUT2D eigenvalue weighted by Crippen LogP contribution is 2.30. The average Bonchev–Trinajstić information content (AvgIpc) is 2.75. The van der Waals surface area contributed by atoms with Crippen molar-refractivity contribution in [2.24, 2.45) is 0 Å². The normalized spacial score (nSPS) is 11.4. The first-order valence-electron chi connectivity index (χ1n) is 9.55. The lowest BCUT2D eigenvalue weighted by atomic mass is 10.1. The Morgan fingerprint density at radius 3 is 2.48 bits per heavy atom. The first-order chi connectivity index (χ1) is 14.7. The summed E-state index contributed by atoms with van der Waals surface area (Å²) in [5.74, 6) is -0.778. The first kappa shape index (κ1) is 23.3. The number of nitrogens with zero attached hydrogens (tertiary/aromatic N) is 3. The third-order valence-electron chi connectivity index (χ3n) is 4.51. The molecule has 8 nitrogen and oxygen atoms in total. The number of methoxy groups -OCH3 is 1. The predicted octanol–water partition coefficient (Wildman–Crippen LogP) is 3.97. The molecule has 162 valence electrons. The van der Waals surface area contributed by atoms with Crippen molar-refractivity contribution >= 4 is 17.4 Å². The summed E-state index contributed by atoms with van der Waals surface area (Å²) in [5.41, 5.74) is 1.32. The van der Waals surface area contributed by atoms with E-state index < -0.39 is 16.5 Å². The van der Waals surface area contributed by atoms with Crippen molar-refractivity contribution in [3.8, 4) is 11.3 Å². The van der Waals surface area contributed by atoms with E-state index in [1.165, 1.54) is 36.0 Å². The van der Waals surface area contributed by atoms with Crippen LogP contribution >= 0.6 is 0 Å². The molecule has 0 saturated carbocycles. The van der Waals surface area contributed by atoms with E-state index in [0.717, 1.165) is 11.3 Å². The fourth-order valence-electron chi connectivity index (χ4n) is 3.05. The molecule has 0 aliphatic heterocycles. The van der Waals surface area contributed by atoms with Crippen LogP contribution < -0.4 is 10.5 Å². The largest absolute Gasteiger partial charge is 0.465 e. The fraction of sp³-hybridized carbons (Fsp3) is 0.217. The van der Waals surface area contributed by atoms with E-state index in [1.54, 1.807) is 13.0 Å². The number of esters is 1. The van der Waals surface area contributed by atoms with Crippen LogP contribution in [-0.2, 0) is 4.74 Å². The van der Waals surface area contributed by atoms with Crippen molar-refractivity contribution in [2.75, 3.05) is 26.1 Å². The van der Waals surface area contributed by atoms with E-state index in [2.05, 4.69) is 6.58 Å². The summed E-state index contributed by atoms with van der Waals surface area (Å²) < 4.78 is 5.97. The quantitative estimate of drug-likeness (QED) is 0.276. The monoisotopic (exact) mass is 423 g/mol. The van der Waals surface area contributed by atoms with Crippen molar-refractivity contribution in [1.29, 1.82) is 0 Å². The van der Waals surface area contributed by atoms with Crippen molar-refractivity contribution < 1.29 is 14.5 Å². The maximum absolute atomic E-state index is 13.2. The molecule has 0 unspecified atom stereocenters. The third-order valence-corrected chi connectivity index (χ3v) is 4.51. The second-order valence-corrected chi connectivity index (χ2v) is 6.79. The average molecular weight is 423 g/mol. The lowest BCUT2D eigenvalue weighted by Gasteiger charge is -2.21. The molecule has 0 saturated heterocycles. The van der Waals surface area contributed by atoms with Gasteiger partial charge in [0.25, 0.3) is 11.3 Å². The van der Waals surface area contributed by atoms with Gasteiger partial charge in [-0.1, -0.05) is 31.7 Å². The SMILES string of the molecule is C=C(/C=C\C(=C/CC)[N+](=O)[O-])n1c(-c2ccccc2N(C)C)ccc(C(=O)OC)c1=O. The number of benzene rings is 1. The molecule has 0 spiro atoms. The zero-order chi connectivity index (χ0) is 23.1. The second kappa shape index (κ2) is 10.2. The number of allylic oxidation sites excluding steroid dienone is 4. The lowest BCUT2D eigenvalue weighted by Crippen LogP contribution is -2.27. The predicted molar refractivity (Wildman–Crippen MR) is 122 cm³/mol. The van der Waals surface area contributed by atoms with Gasteiger partial charge in [-0.3, -0.25) is 19.5 Å². The maximum atomic E-state index is 13.2. The van der Waals surface area contributed by atoms with E-state index in [9.17, 15) is 19.7 Å². The van der Waals surface area contributed by atoms with E-state index >= 15 is 0 Å². The van der Waals surface area contributed by atoms with Crippen LogP contribution in [0.3, 0.4) is 0 Å². The van der Waals surface area contributed by atoms with E-state index in [-0.39, 0.29) is 17.0 Å². The number of pyridine rings is 1. The molecule has 0 aliphatic carbocycles. The summed E-state index contributed by atoms with van der Waals surface area (Å²) in [7, 11) is 4.93. The van der Waals surface area contributed by atoms with Gasteiger partial charge in [0.05, 0.1) is 17.7 Å². The minimum atomic E-state index is -0.778. The minimum Gasteiger partial charge on any atom is -0.465 e. The van der Waals surface area contributed by atoms with Gasteiger partial charge in [-0.2, -0.15) is 0 Å². The number of hydrogen-bond donors (Lipinski definition) is 0. The molecular weight excluding hydrogens is 398 g/mol. The van der Waals surface area contributed by atoms with Gasteiger partial charge in [-0.15, -0.1) is 0 Å². The number of rotatable bonds is 8.